The van der Waals surface area contributed by atoms with Gasteiger partial charge in [0.15, 0.2) is 5.75 Å². The molecule has 0 saturated heterocycles. The van der Waals surface area contributed by atoms with E-state index in [-0.39, 0.29) is 6.04 Å². The van der Waals surface area contributed by atoms with Crippen LogP contribution in [0.4, 0.5) is 0 Å². The minimum atomic E-state index is -1.51. The predicted octanol–water partition coefficient (Wildman–Crippen LogP) is 4.14. The van der Waals surface area contributed by atoms with Crippen LogP contribution in [-0.2, 0) is 11.3 Å². The molecule has 0 amide bonds. The quantitative estimate of drug-likeness (QED) is 0.763. The van der Waals surface area contributed by atoms with Crippen molar-refractivity contribution in [3.63, 3.8) is 0 Å². The summed E-state index contributed by atoms with van der Waals surface area (Å²) in [5.41, 5.74) is 3.00. The van der Waals surface area contributed by atoms with E-state index in [0.29, 0.717) is 5.75 Å². The van der Waals surface area contributed by atoms with Crippen LogP contribution in [-0.4, -0.2) is 11.3 Å². The van der Waals surface area contributed by atoms with E-state index in [1.807, 2.05) is 43.3 Å². The Labute approximate surface area is 143 Å². The predicted molar refractivity (Wildman–Crippen MR) is 96.3 cm³/mol. The van der Waals surface area contributed by atoms with Gasteiger partial charge >= 0.3 is 0 Å². The standard InChI is InChI=1S/C19H17NO3S/c1-12-17-4-3-5-18(19(17)23-24(21)20-12)15-7-6-14-11-16(22-2)9-8-13(14)10-15/h3-12,20H,1-2H3. The number of hydrogen-bond donors (Lipinski definition) is 1. The summed E-state index contributed by atoms with van der Waals surface area (Å²) in [7, 11) is 1.67. The number of ether oxygens (including phenoxy) is 1. The molecule has 3 aromatic rings. The summed E-state index contributed by atoms with van der Waals surface area (Å²) in [4.78, 5) is 0. The van der Waals surface area contributed by atoms with Crippen molar-refractivity contribution < 1.29 is 13.1 Å². The van der Waals surface area contributed by atoms with Crippen molar-refractivity contribution in [2.75, 3.05) is 7.11 Å². The number of methoxy groups -OCH3 is 1. The summed E-state index contributed by atoms with van der Waals surface area (Å²) >= 11 is -1.51. The molecule has 1 N–H and O–H groups in total. The fraction of sp³-hybridized carbons (Fsp3) is 0.158. The summed E-state index contributed by atoms with van der Waals surface area (Å²) in [6.45, 7) is 1.98. The molecule has 1 aliphatic rings. The summed E-state index contributed by atoms with van der Waals surface area (Å²) in [5.74, 6) is 1.53. The Bertz CT molecular complexity index is 954. The van der Waals surface area contributed by atoms with Gasteiger partial charge in [0, 0.05) is 17.2 Å². The molecule has 2 unspecified atom stereocenters. The zero-order valence-corrected chi connectivity index (χ0v) is 14.2. The first-order valence-corrected chi connectivity index (χ1v) is 8.80. The average Bonchev–Trinajstić information content (AvgIpc) is 2.60. The molecule has 4 nitrogen and oxygen atoms in total. The van der Waals surface area contributed by atoms with E-state index in [0.717, 1.165) is 33.2 Å². The highest BCUT2D eigenvalue weighted by Gasteiger charge is 2.25. The van der Waals surface area contributed by atoms with Crippen LogP contribution in [0.3, 0.4) is 0 Å². The van der Waals surface area contributed by atoms with Gasteiger partial charge in [0.1, 0.15) is 5.75 Å². The monoisotopic (exact) mass is 339 g/mol. The van der Waals surface area contributed by atoms with Gasteiger partial charge in [0.2, 0.25) is 0 Å². The summed E-state index contributed by atoms with van der Waals surface area (Å²) in [5, 5.41) is 2.23. The summed E-state index contributed by atoms with van der Waals surface area (Å²) in [6.07, 6.45) is 0. The first-order valence-electron chi connectivity index (χ1n) is 7.73. The van der Waals surface area contributed by atoms with Crippen molar-refractivity contribution >= 4 is 22.0 Å². The molecular formula is C19H17NO3S. The van der Waals surface area contributed by atoms with Gasteiger partial charge in [0.25, 0.3) is 11.3 Å². The van der Waals surface area contributed by atoms with Crippen LogP contribution in [0.15, 0.2) is 54.6 Å². The van der Waals surface area contributed by atoms with Gasteiger partial charge in [-0.1, -0.05) is 36.4 Å². The van der Waals surface area contributed by atoms with E-state index in [9.17, 15) is 4.21 Å². The smallest absolute Gasteiger partial charge is 0.288 e. The molecule has 24 heavy (non-hydrogen) atoms. The average molecular weight is 339 g/mol. The number of fused-ring (bicyclic) bond motifs is 2. The lowest BCUT2D eigenvalue weighted by Gasteiger charge is -2.24. The van der Waals surface area contributed by atoms with Gasteiger partial charge in [-0.3, -0.25) is 0 Å². The molecule has 0 spiro atoms. The Morgan fingerprint density at radius 2 is 1.88 bits per heavy atom. The van der Waals surface area contributed by atoms with Crippen molar-refractivity contribution in [1.29, 1.82) is 0 Å². The van der Waals surface area contributed by atoms with E-state index in [4.69, 9.17) is 8.92 Å². The van der Waals surface area contributed by atoms with Crippen LogP contribution in [0, 0.1) is 0 Å². The second kappa shape index (κ2) is 5.92. The molecular weight excluding hydrogens is 322 g/mol. The maximum Gasteiger partial charge on any atom is 0.288 e. The first-order chi connectivity index (χ1) is 11.7. The van der Waals surface area contributed by atoms with E-state index in [1.165, 1.54) is 0 Å². The number of hydrogen-bond acceptors (Lipinski definition) is 3. The van der Waals surface area contributed by atoms with Crippen LogP contribution in [0.2, 0.25) is 0 Å². The van der Waals surface area contributed by atoms with Crippen molar-refractivity contribution in [3.8, 4) is 22.6 Å². The van der Waals surface area contributed by atoms with Crippen molar-refractivity contribution in [2.45, 2.75) is 13.0 Å². The van der Waals surface area contributed by atoms with Gasteiger partial charge in [-0.25, -0.2) is 0 Å². The highest BCUT2D eigenvalue weighted by atomic mass is 32.2. The zero-order chi connectivity index (χ0) is 16.7. The third-order valence-corrected chi connectivity index (χ3v) is 5.17. The summed E-state index contributed by atoms with van der Waals surface area (Å²) in [6, 6.07) is 18.2. The Morgan fingerprint density at radius 1 is 1.08 bits per heavy atom. The molecule has 5 heteroatoms. The Morgan fingerprint density at radius 3 is 2.71 bits per heavy atom. The molecule has 1 heterocycles. The second-order valence-corrected chi connectivity index (χ2v) is 6.68. The number of para-hydroxylation sites is 1. The van der Waals surface area contributed by atoms with Crippen LogP contribution in [0.25, 0.3) is 21.9 Å². The van der Waals surface area contributed by atoms with Gasteiger partial charge in [-0.2, -0.15) is 8.93 Å². The van der Waals surface area contributed by atoms with Crippen LogP contribution < -0.4 is 13.6 Å². The topological polar surface area (TPSA) is 47.6 Å². The molecule has 0 bridgehead atoms. The molecule has 0 saturated carbocycles. The van der Waals surface area contributed by atoms with Gasteiger partial charge in [-0.05, 0) is 41.5 Å². The molecule has 0 aromatic heterocycles. The van der Waals surface area contributed by atoms with Crippen LogP contribution >= 0.6 is 0 Å². The third kappa shape index (κ3) is 2.56. The Balaban J connectivity index is 1.86. The molecule has 0 radical (unpaired) electrons. The fourth-order valence-electron chi connectivity index (χ4n) is 3.04. The molecule has 1 aliphatic heterocycles. The summed E-state index contributed by atoms with van der Waals surface area (Å²) < 4.78 is 25.6. The van der Waals surface area contributed by atoms with Gasteiger partial charge in [0.05, 0.1) is 7.11 Å². The third-order valence-electron chi connectivity index (χ3n) is 4.30. The minimum Gasteiger partial charge on any atom is -0.497 e. The maximum absolute atomic E-state index is 11.9. The lowest BCUT2D eigenvalue weighted by molar-refractivity contribution is 0.415. The minimum absolute atomic E-state index is 0.0146. The van der Waals surface area contributed by atoms with Gasteiger partial charge in [-0.15, -0.1) is 0 Å². The maximum atomic E-state index is 11.9. The molecule has 2 atom stereocenters. The van der Waals surface area contributed by atoms with E-state index < -0.39 is 11.3 Å². The van der Waals surface area contributed by atoms with E-state index in [2.05, 4.69) is 22.9 Å². The van der Waals surface area contributed by atoms with Gasteiger partial charge < -0.3 is 8.92 Å². The Kier molecular flexibility index (Phi) is 3.75. The second-order valence-electron chi connectivity index (χ2n) is 5.81. The lowest BCUT2D eigenvalue weighted by Crippen LogP contribution is -2.30. The SMILES string of the molecule is COc1ccc2cc(-c3cccc4c3OS(=O)NC4C)ccc2c1. The fourth-order valence-corrected chi connectivity index (χ4v) is 3.84. The highest BCUT2D eigenvalue weighted by molar-refractivity contribution is 7.78. The van der Waals surface area contributed by atoms with Crippen LogP contribution in [0.5, 0.6) is 11.5 Å². The van der Waals surface area contributed by atoms with Crippen molar-refractivity contribution in [1.82, 2.24) is 4.72 Å². The first kappa shape index (κ1) is 15.2. The lowest BCUT2D eigenvalue weighted by atomic mass is 9.96. The molecule has 122 valence electrons. The number of benzene rings is 3. The Hall–Kier alpha value is -2.37. The van der Waals surface area contributed by atoms with Crippen molar-refractivity contribution in [2.24, 2.45) is 0 Å². The zero-order valence-electron chi connectivity index (χ0n) is 13.4. The van der Waals surface area contributed by atoms with E-state index in [1.54, 1.807) is 7.11 Å². The van der Waals surface area contributed by atoms with Crippen molar-refractivity contribution in [3.05, 3.63) is 60.2 Å². The largest absolute Gasteiger partial charge is 0.497 e. The molecule has 3 aromatic carbocycles. The molecule has 4 rings (SSSR count). The van der Waals surface area contributed by atoms with E-state index >= 15 is 0 Å². The molecule has 0 fully saturated rings. The number of rotatable bonds is 2. The highest BCUT2D eigenvalue weighted by Crippen LogP contribution is 2.39. The normalized spacial score (nSPS) is 19.6. The molecule has 0 aliphatic carbocycles. The number of nitrogens with one attached hydrogen (secondary N) is 1. The van der Waals surface area contributed by atoms with Crippen LogP contribution in [0.1, 0.15) is 18.5 Å².